The largest absolute Gasteiger partial charge is 0.542 e. The molecule has 0 saturated heterocycles. The predicted molar refractivity (Wildman–Crippen MR) is 59.3 cm³/mol. The Hall–Kier alpha value is -1.06. The summed E-state index contributed by atoms with van der Waals surface area (Å²) < 4.78 is 9.50. The smallest absolute Gasteiger partial charge is 0.375 e. The third-order valence-corrected chi connectivity index (χ3v) is 5.11. The third-order valence-electron chi connectivity index (χ3n) is 5.11. The van der Waals surface area contributed by atoms with E-state index < -0.39 is 5.82 Å². The number of hydrogen-bond donors (Lipinski definition) is 0. The molecule has 0 amide bonds. The van der Waals surface area contributed by atoms with Gasteiger partial charge in [0.05, 0.1) is 0 Å². The Balaban J connectivity index is 1.62. The summed E-state index contributed by atoms with van der Waals surface area (Å²) in [5, 5.41) is 3.74. The molecule has 1 heterocycles. The van der Waals surface area contributed by atoms with Crippen molar-refractivity contribution in [2.75, 3.05) is 0 Å². The summed E-state index contributed by atoms with van der Waals surface area (Å²) in [6.45, 7) is 0. The average molecular weight is 235 g/mol. The van der Waals surface area contributed by atoms with Crippen molar-refractivity contribution in [2.24, 2.45) is 23.2 Å². The number of nitrogens with zero attached hydrogens (tertiary/aromatic N) is 1. The first-order chi connectivity index (χ1) is 8.21. The molecule has 4 bridgehead atoms. The zero-order valence-electron chi connectivity index (χ0n) is 9.85. The summed E-state index contributed by atoms with van der Waals surface area (Å²) in [6.07, 6.45) is 9.01. The van der Waals surface area contributed by atoms with E-state index >= 15 is 0 Å². The molecule has 17 heavy (non-hydrogen) atoms. The van der Waals surface area contributed by atoms with Crippen LogP contribution < -0.4 is 5.82 Å². The fourth-order valence-electron chi connectivity index (χ4n) is 5.12. The maximum absolute atomic E-state index is 10.9. The van der Waals surface area contributed by atoms with Gasteiger partial charge in [0.15, 0.2) is 0 Å². The molecule has 0 spiro atoms. The molecule has 4 aliphatic carbocycles. The first-order valence-corrected chi connectivity index (χ1v) is 6.66. The van der Waals surface area contributed by atoms with Gasteiger partial charge < -0.3 is 4.42 Å². The van der Waals surface area contributed by atoms with Crippen LogP contribution in [0, 0.1) is 23.2 Å². The quantitative estimate of drug-likeness (QED) is 0.789. The van der Waals surface area contributed by atoms with Crippen LogP contribution in [-0.4, -0.2) is 5.16 Å². The van der Waals surface area contributed by atoms with E-state index in [0.717, 1.165) is 24.2 Å². The molecule has 92 valence electrons. The van der Waals surface area contributed by atoms with Crippen LogP contribution in [0.1, 0.15) is 44.4 Å². The molecule has 0 N–H and O–H groups in total. The Labute approximate surface area is 99.4 Å². The normalized spacial score (nSPS) is 43.2. The second-order valence-corrected chi connectivity index (χ2v) is 6.52. The minimum Gasteiger partial charge on any atom is -0.375 e. The van der Waals surface area contributed by atoms with Gasteiger partial charge in [-0.25, -0.2) is 4.79 Å². The van der Waals surface area contributed by atoms with Crippen molar-refractivity contribution >= 4 is 0 Å². The minimum atomic E-state index is -0.662. The molecule has 1 aromatic rings. The van der Waals surface area contributed by atoms with E-state index in [1.165, 1.54) is 38.5 Å². The summed E-state index contributed by atoms with van der Waals surface area (Å²) in [7, 11) is 0. The Bertz CT molecular complexity index is 452. The van der Waals surface area contributed by atoms with Crippen LogP contribution in [0.3, 0.4) is 0 Å². The molecule has 4 saturated carbocycles. The second-order valence-electron chi connectivity index (χ2n) is 6.52. The van der Waals surface area contributed by atoms with Gasteiger partial charge in [-0.05, 0) is 66.9 Å². The Morgan fingerprint density at radius 3 is 2.18 bits per heavy atom. The molecule has 0 unspecified atom stereocenters. The van der Waals surface area contributed by atoms with Crippen LogP contribution in [0.15, 0.2) is 13.7 Å². The fraction of sp³-hybridized carbons (Fsp3) is 0.846. The van der Waals surface area contributed by atoms with E-state index in [4.69, 9.17) is 4.42 Å². The molecule has 1 aromatic heterocycles. The van der Waals surface area contributed by atoms with Gasteiger partial charge >= 0.3 is 5.82 Å². The zero-order chi connectivity index (χ0) is 11.5. The van der Waals surface area contributed by atoms with E-state index in [1.807, 2.05) is 0 Å². The van der Waals surface area contributed by atoms with Crippen LogP contribution in [0.2, 0.25) is 0 Å². The van der Waals surface area contributed by atoms with Gasteiger partial charge in [0.2, 0.25) is 5.89 Å². The highest BCUT2D eigenvalue weighted by atomic mass is 16.6. The van der Waals surface area contributed by atoms with Crippen LogP contribution in [0.5, 0.6) is 0 Å². The monoisotopic (exact) mass is 235 g/mol. The topological polar surface area (TPSA) is 56.2 Å². The minimum absolute atomic E-state index is 0.363. The van der Waals surface area contributed by atoms with Crippen molar-refractivity contribution in [1.29, 1.82) is 0 Å². The summed E-state index contributed by atoms with van der Waals surface area (Å²) >= 11 is 0. The Kier molecular flexibility index (Phi) is 1.89. The first-order valence-electron chi connectivity index (χ1n) is 6.66. The van der Waals surface area contributed by atoms with E-state index in [-0.39, 0.29) is 0 Å². The molecule has 4 fully saturated rings. The van der Waals surface area contributed by atoms with Gasteiger partial charge in [-0.2, -0.15) is 0 Å². The van der Waals surface area contributed by atoms with Gasteiger partial charge in [-0.1, -0.05) is 0 Å². The van der Waals surface area contributed by atoms with Crippen molar-refractivity contribution in [2.45, 2.75) is 44.9 Å². The summed E-state index contributed by atoms with van der Waals surface area (Å²) in [4.78, 5) is 10.9. The molecule has 4 aliphatic rings. The predicted octanol–water partition coefficient (Wildman–Crippen LogP) is 2.39. The van der Waals surface area contributed by atoms with Crippen LogP contribution in [0.4, 0.5) is 0 Å². The molecule has 4 heteroatoms. The number of aromatic nitrogens is 1. The highest BCUT2D eigenvalue weighted by Crippen LogP contribution is 2.60. The molecular weight excluding hydrogens is 218 g/mol. The van der Waals surface area contributed by atoms with Crippen molar-refractivity contribution < 1.29 is 8.94 Å². The summed E-state index contributed by atoms with van der Waals surface area (Å²) in [5.41, 5.74) is 0.363. The lowest BCUT2D eigenvalue weighted by atomic mass is 9.49. The maximum atomic E-state index is 10.9. The highest BCUT2D eigenvalue weighted by Gasteiger charge is 2.51. The molecule has 5 rings (SSSR count). The summed E-state index contributed by atoms with van der Waals surface area (Å²) in [6, 6.07) is 0. The van der Waals surface area contributed by atoms with E-state index in [9.17, 15) is 4.79 Å². The number of hydrogen-bond acceptors (Lipinski definition) is 4. The molecule has 0 aliphatic heterocycles. The highest BCUT2D eigenvalue weighted by molar-refractivity contribution is 5.03. The average Bonchev–Trinajstić information content (AvgIpc) is 2.60. The van der Waals surface area contributed by atoms with Crippen LogP contribution in [-0.2, 0) is 6.42 Å². The van der Waals surface area contributed by atoms with Crippen molar-refractivity contribution in [3.8, 4) is 0 Å². The van der Waals surface area contributed by atoms with Gasteiger partial charge in [0.25, 0.3) is 0 Å². The lowest BCUT2D eigenvalue weighted by Gasteiger charge is -2.56. The van der Waals surface area contributed by atoms with Crippen LogP contribution >= 0.6 is 0 Å². The van der Waals surface area contributed by atoms with Crippen molar-refractivity contribution in [1.82, 2.24) is 5.16 Å². The SMILES string of the molecule is O=c1onc(CC23CC4CC(CC(C4)C2)C3)o1. The Morgan fingerprint density at radius 2 is 1.71 bits per heavy atom. The summed E-state index contributed by atoms with van der Waals surface area (Å²) in [5.74, 6) is 2.60. The fourth-order valence-corrected chi connectivity index (χ4v) is 5.12. The molecule has 0 atom stereocenters. The van der Waals surface area contributed by atoms with E-state index in [1.54, 1.807) is 0 Å². The lowest BCUT2D eigenvalue weighted by Crippen LogP contribution is -2.47. The van der Waals surface area contributed by atoms with Crippen LogP contribution in [0.25, 0.3) is 0 Å². The van der Waals surface area contributed by atoms with Crippen molar-refractivity contribution in [3.63, 3.8) is 0 Å². The number of rotatable bonds is 2. The first kappa shape index (κ1) is 9.92. The maximum Gasteiger partial charge on any atom is 0.542 e. The van der Waals surface area contributed by atoms with E-state index in [2.05, 4.69) is 9.68 Å². The molecular formula is C13H17NO3. The zero-order valence-corrected chi connectivity index (χ0v) is 9.85. The standard InChI is InChI=1S/C13H17NO3/c15-12-16-11(14-17-12)7-13-4-8-1-9(5-13)3-10(2-8)6-13/h8-10H,1-7H2. The van der Waals surface area contributed by atoms with Crippen molar-refractivity contribution in [3.05, 3.63) is 16.5 Å². The van der Waals surface area contributed by atoms with Gasteiger partial charge in [0.1, 0.15) is 0 Å². The van der Waals surface area contributed by atoms with Gasteiger partial charge in [-0.15, -0.1) is 0 Å². The Morgan fingerprint density at radius 1 is 1.12 bits per heavy atom. The molecule has 0 radical (unpaired) electrons. The molecule has 0 aromatic carbocycles. The third kappa shape index (κ3) is 1.57. The molecule has 4 nitrogen and oxygen atoms in total. The second kappa shape index (κ2) is 3.24. The van der Waals surface area contributed by atoms with Gasteiger partial charge in [0, 0.05) is 6.42 Å². The van der Waals surface area contributed by atoms with Gasteiger partial charge in [-0.3, -0.25) is 4.52 Å². The van der Waals surface area contributed by atoms with E-state index in [0.29, 0.717) is 11.3 Å². The lowest BCUT2D eigenvalue weighted by molar-refractivity contribution is -0.0552.